The van der Waals surface area contributed by atoms with Crippen molar-refractivity contribution in [3.8, 4) is 0 Å². The van der Waals surface area contributed by atoms with Gasteiger partial charge in [-0.25, -0.2) is 14.2 Å². The van der Waals surface area contributed by atoms with E-state index in [1.165, 1.54) is 22.7 Å². The molecular formula is C10H6FN3O2. The summed E-state index contributed by atoms with van der Waals surface area (Å²) in [5.41, 5.74) is 1.18. The molecule has 2 N–H and O–H groups in total. The fourth-order valence-electron chi connectivity index (χ4n) is 1.68. The first kappa shape index (κ1) is 8.90. The van der Waals surface area contributed by atoms with Crippen LogP contribution in [-0.4, -0.2) is 25.4 Å². The number of nitrogens with one attached hydrogen (secondary N) is 1. The zero-order valence-corrected chi connectivity index (χ0v) is 7.94. The van der Waals surface area contributed by atoms with E-state index in [0.29, 0.717) is 16.8 Å². The summed E-state index contributed by atoms with van der Waals surface area (Å²) in [6.45, 7) is 0. The van der Waals surface area contributed by atoms with E-state index in [1.54, 1.807) is 6.07 Å². The lowest BCUT2D eigenvalue weighted by molar-refractivity contribution is 0.0691. The average molecular weight is 219 g/mol. The van der Waals surface area contributed by atoms with Crippen LogP contribution in [0.1, 0.15) is 10.5 Å². The van der Waals surface area contributed by atoms with E-state index in [4.69, 9.17) is 5.11 Å². The van der Waals surface area contributed by atoms with Crippen molar-refractivity contribution >= 4 is 22.8 Å². The molecule has 0 unspecified atom stereocenters. The van der Waals surface area contributed by atoms with Gasteiger partial charge in [-0.3, -0.25) is 4.40 Å². The number of imidazole rings is 2. The highest BCUT2D eigenvalue weighted by Gasteiger charge is 2.12. The summed E-state index contributed by atoms with van der Waals surface area (Å²) < 4.78 is 14.6. The monoisotopic (exact) mass is 219 g/mol. The second-order valence-corrected chi connectivity index (χ2v) is 3.41. The first-order valence-electron chi connectivity index (χ1n) is 4.55. The Morgan fingerprint density at radius 3 is 3.06 bits per heavy atom. The van der Waals surface area contributed by atoms with E-state index in [0.717, 1.165) is 0 Å². The van der Waals surface area contributed by atoms with Crippen LogP contribution in [0.15, 0.2) is 24.4 Å². The molecule has 3 aromatic rings. The number of rotatable bonds is 1. The minimum absolute atomic E-state index is 0.0219. The summed E-state index contributed by atoms with van der Waals surface area (Å²) in [5, 5.41) is 8.78. The quantitative estimate of drug-likeness (QED) is 0.653. The number of benzene rings is 1. The van der Waals surface area contributed by atoms with Crippen molar-refractivity contribution in [2.24, 2.45) is 0 Å². The van der Waals surface area contributed by atoms with Gasteiger partial charge in [-0.05, 0) is 12.1 Å². The molecule has 1 aromatic carbocycles. The highest BCUT2D eigenvalue weighted by atomic mass is 19.1. The molecule has 0 aliphatic carbocycles. The molecular weight excluding hydrogens is 213 g/mol. The van der Waals surface area contributed by atoms with E-state index in [9.17, 15) is 9.18 Å². The van der Waals surface area contributed by atoms with Crippen LogP contribution >= 0.6 is 0 Å². The number of carbonyl (C=O) groups is 1. The maximum absolute atomic E-state index is 13.0. The van der Waals surface area contributed by atoms with Crippen LogP contribution in [-0.2, 0) is 0 Å². The molecule has 0 fully saturated rings. The van der Waals surface area contributed by atoms with E-state index in [-0.39, 0.29) is 11.5 Å². The van der Waals surface area contributed by atoms with Gasteiger partial charge in [-0.1, -0.05) is 0 Å². The number of aromatic carboxylic acids is 1. The fraction of sp³-hybridized carbons (Fsp3) is 0. The fourth-order valence-corrected chi connectivity index (χ4v) is 1.68. The van der Waals surface area contributed by atoms with Crippen molar-refractivity contribution in [1.82, 2.24) is 14.4 Å². The molecule has 0 saturated heterocycles. The van der Waals surface area contributed by atoms with Gasteiger partial charge in [0.1, 0.15) is 11.5 Å². The zero-order valence-electron chi connectivity index (χ0n) is 7.94. The number of fused-ring (bicyclic) bond motifs is 3. The molecule has 0 atom stereocenters. The van der Waals surface area contributed by atoms with Crippen LogP contribution in [0, 0.1) is 5.82 Å². The lowest BCUT2D eigenvalue weighted by Gasteiger charge is -1.90. The van der Waals surface area contributed by atoms with Crippen LogP contribution < -0.4 is 0 Å². The number of H-pyrrole nitrogens is 1. The molecule has 6 heteroatoms. The van der Waals surface area contributed by atoms with E-state index in [1.807, 2.05) is 0 Å². The topological polar surface area (TPSA) is 70.4 Å². The van der Waals surface area contributed by atoms with Crippen molar-refractivity contribution in [3.05, 3.63) is 35.9 Å². The van der Waals surface area contributed by atoms with Gasteiger partial charge in [-0.2, -0.15) is 0 Å². The molecule has 2 aromatic heterocycles. The highest BCUT2D eigenvalue weighted by Crippen LogP contribution is 2.17. The predicted octanol–water partition coefficient (Wildman–Crippen LogP) is 1.65. The summed E-state index contributed by atoms with van der Waals surface area (Å²) in [5.74, 6) is -1.07. The SMILES string of the molecule is O=C(O)c1cn2c(nc3ccc(F)cc32)[nH]1. The minimum Gasteiger partial charge on any atom is -0.477 e. The first-order chi connectivity index (χ1) is 7.65. The largest absolute Gasteiger partial charge is 0.477 e. The van der Waals surface area contributed by atoms with Gasteiger partial charge >= 0.3 is 5.97 Å². The third-order valence-corrected chi connectivity index (χ3v) is 2.39. The van der Waals surface area contributed by atoms with Gasteiger partial charge in [-0.15, -0.1) is 0 Å². The lowest BCUT2D eigenvalue weighted by atomic mass is 10.3. The Hall–Kier alpha value is -2.37. The second kappa shape index (κ2) is 2.82. The maximum atomic E-state index is 13.0. The maximum Gasteiger partial charge on any atom is 0.353 e. The lowest BCUT2D eigenvalue weighted by Crippen LogP contribution is -1.95. The molecule has 5 nitrogen and oxygen atoms in total. The highest BCUT2D eigenvalue weighted by molar-refractivity contribution is 5.88. The van der Waals surface area contributed by atoms with Crippen molar-refractivity contribution in [3.63, 3.8) is 0 Å². The second-order valence-electron chi connectivity index (χ2n) is 3.41. The molecule has 0 aliphatic rings. The summed E-state index contributed by atoms with van der Waals surface area (Å²) in [7, 11) is 0. The Labute approximate surface area is 88.1 Å². The molecule has 3 rings (SSSR count). The summed E-state index contributed by atoms with van der Waals surface area (Å²) >= 11 is 0. The Morgan fingerprint density at radius 1 is 1.50 bits per heavy atom. The number of aromatic nitrogens is 3. The standard InChI is InChI=1S/C10H6FN3O2/c11-5-1-2-6-8(3-5)14-4-7(9(15)16)13-10(14)12-6/h1-4H,(H,12,13)(H,15,16). The van der Waals surface area contributed by atoms with Crippen LogP contribution in [0.25, 0.3) is 16.8 Å². The molecule has 2 heterocycles. The number of hydrogen-bond acceptors (Lipinski definition) is 2. The summed E-state index contributed by atoms with van der Waals surface area (Å²) in [6.07, 6.45) is 1.38. The Balaban J connectivity index is 2.40. The molecule has 0 bridgehead atoms. The molecule has 16 heavy (non-hydrogen) atoms. The van der Waals surface area contributed by atoms with Crippen LogP contribution in [0.3, 0.4) is 0 Å². The van der Waals surface area contributed by atoms with E-state index in [2.05, 4.69) is 9.97 Å². The zero-order chi connectivity index (χ0) is 11.3. The van der Waals surface area contributed by atoms with Crippen molar-refractivity contribution in [2.45, 2.75) is 0 Å². The number of carboxylic acids is 1. The molecule has 0 saturated carbocycles. The smallest absolute Gasteiger partial charge is 0.353 e. The van der Waals surface area contributed by atoms with Crippen molar-refractivity contribution < 1.29 is 14.3 Å². The number of hydrogen-bond donors (Lipinski definition) is 2. The van der Waals surface area contributed by atoms with Gasteiger partial charge in [0.25, 0.3) is 0 Å². The van der Waals surface area contributed by atoms with Crippen LogP contribution in [0.2, 0.25) is 0 Å². The van der Waals surface area contributed by atoms with E-state index >= 15 is 0 Å². The van der Waals surface area contributed by atoms with Gasteiger partial charge < -0.3 is 10.1 Å². The third-order valence-electron chi connectivity index (χ3n) is 2.39. The Kier molecular flexibility index (Phi) is 1.57. The average Bonchev–Trinajstić information content (AvgIpc) is 2.75. The Bertz CT molecular complexity index is 713. The molecule has 0 amide bonds. The number of carboxylic acid groups (broad SMARTS) is 1. The molecule has 0 aliphatic heterocycles. The van der Waals surface area contributed by atoms with Crippen molar-refractivity contribution in [1.29, 1.82) is 0 Å². The van der Waals surface area contributed by atoms with Gasteiger partial charge in [0.05, 0.1) is 11.0 Å². The Morgan fingerprint density at radius 2 is 2.31 bits per heavy atom. The van der Waals surface area contributed by atoms with Gasteiger partial charge in [0, 0.05) is 12.3 Å². The van der Waals surface area contributed by atoms with Crippen molar-refractivity contribution in [2.75, 3.05) is 0 Å². The van der Waals surface area contributed by atoms with Crippen LogP contribution in [0.5, 0.6) is 0 Å². The number of nitrogens with zero attached hydrogens (tertiary/aromatic N) is 2. The summed E-state index contributed by atoms with van der Waals surface area (Å²) in [6, 6.07) is 4.17. The molecule has 0 radical (unpaired) electrons. The van der Waals surface area contributed by atoms with Gasteiger partial charge in [0.2, 0.25) is 5.78 Å². The normalized spacial score (nSPS) is 11.3. The number of aromatic amines is 1. The summed E-state index contributed by atoms with van der Waals surface area (Å²) in [4.78, 5) is 17.5. The van der Waals surface area contributed by atoms with E-state index < -0.39 is 5.97 Å². The molecule has 0 spiro atoms. The molecule has 80 valence electrons. The third kappa shape index (κ3) is 1.10. The minimum atomic E-state index is -1.07. The first-order valence-corrected chi connectivity index (χ1v) is 4.55. The predicted molar refractivity (Wildman–Crippen MR) is 54.0 cm³/mol. The number of halogens is 1. The van der Waals surface area contributed by atoms with Crippen LogP contribution in [0.4, 0.5) is 4.39 Å². The van der Waals surface area contributed by atoms with Gasteiger partial charge in [0.15, 0.2) is 0 Å².